The molecular weight excluding hydrogens is 340 g/mol. The molecule has 25 heavy (non-hydrogen) atoms. The number of nitriles is 1. The SMILES string of the molecule is Cc1nc(CN2CCN(c3c(C#N)c(=O)n(C)c(=O)n3C)CC2)cs1. The van der Waals surface area contributed by atoms with E-state index in [-0.39, 0.29) is 5.56 Å². The highest BCUT2D eigenvalue weighted by molar-refractivity contribution is 7.09. The highest BCUT2D eigenvalue weighted by atomic mass is 32.1. The summed E-state index contributed by atoms with van der Waals surface area (Å²) in [6.45, 7) is 5.65. The van der Waals surface area contributed by atoms with Crippen LogP contribution in [0.25, 0.3) is 0 Å². The summed E-state index contributed by atoms with van der Waals surface area (Å²) in [7, 11) is 2.99. The molecule has 8 nitrogen and oxygen atoms in total. The molecule has 1 saturated heterocycles. The topological polar surface area (TPSA) is 87.2 Å². The second-order valence-corrected chi connectivity index (χ2v) is 7.20. The minimum atomic E-state index is -0.541. The summed E-state index contributed by atoms with van der Waals surface area (Å²) < 4.78 is 2.36. The lowest BCUT2D eigenvalue weighted by molar-refractivity contribution is 0.246. The van der Waals surface area contributed by atoms with Gasteiger partial charge < -0.3 is 4.90 Å². The van der Waals surface area contributed by atoms with E-state index in [0.29, 0.717) is 18.9 Å². The molecule has 0 atom stereocenters. The Morgan fingerprint density at radius 3 is 2.44 bits per heavy atom. The predicted octanol–water partition coefficient (Wildman–Crippen LogP) is 0.0428. The van der Waals surface area contributed by atoms with Gasteiger partial charge in [-0.2, -0.15) is 5.26 Å². The Balaban J connectivity index is 1.81. The van der Waals surface area contributed by atoms with Crippen molar-refractivity contribution >= 4 is 17.2 Å². The van der Waals surface area contributed by atoms with Crippen LogP contribution in [0, 0.1) is 18.3 Å². The zero-order chi connectivity index (χ0) is 18.1. The number of hydrogen-bond donors (Lipinski definition) is 0. The lowest BCUT2D eigenvalue weighted by Crippen LogP contribution is -2.50. The molecule has 1 aliphatic rings. The van der Waals surface area contributed by atoms with Crippen molar-refractivity contribution in [3.8, 4) is 6.07 Å². The van der Waals surface area contributed by atoms with Gasteiger partial charge >= 0.3 is 5.69 Å². The molecule has 2 aromatic rings. The maximum Gasteiger partial charge on any atom is 0.332 e. The van der Waals surface area contributed by atoms with Crippen LogP contribution < -0.4 is 16.1 Å². The molecule has 0 unspecified atom stereocenters. The molecule has 3 heterocycles. The lowest BCUT2D eigenvalue weighted by atomic mass is 10.2. The summed E-state index contributed by atoms with van der Waals surface area (Å²) in [5.74, 6) is 0.416. The van der Waals surface area contributed by atoms with Crippen molar-refractivity contribution in [1.29, 1.82) is 5.26 Å². The number of aryl methyl sites for hydroxylation is 1. The molecule has 3 rings (SSSR count). The molecular formula is C16H20N6O2S. The summed E-state index contributed by atoms with van der Waals surface area (Å²) in [5, 5.41) is 12.5. The second kappa shape index (κ2) is 6.82. The van der Waals surface area contributed by atoms with Gasteiger partial charge in [0.15, 0.2) is 5.56 Å². The van der Waals surface area contributed by atoms with Crippen LogP contribution in [0.1, 0.15) is 16.3 Å². The van der Waals surface area contributed by atoms with E-state index in [1.807, 2.05) is 17.9 Å². The summed E-state index contributed by atoms with van der Waals surface area (Å²) in [4.78, 5) is 33.2. The first-order valence-corrected chi connectivity index (χ1v) is 8.88. The first-order chi connectivity index (χ1) is 11.9. The van der Waals surface area contributed by atoms with E-state index in [1.54, 1.807) is 18.4 Å². The molecule has 1 aliphatic heterocycles. The van der Waals surface area contributed by atoms with Crippen molar-refractivity contribution in [1.82, 2.24) is 19.0 Å². The fraction of sp³-hybridized carbons (Fsp3) is 0.500. The van der Waals surface area contributed by atoms with Gasteiger partial charge in [0.05, 0.1) is 10.7 Å². The average molecular weight is 360 g/mol. The van der Waals surface area contributed by atoms with Gasteiger partial charge in [-0.25, -0.2) is 9.78 Å². The van der Waals surface area contributed by atoms with Crippen LogP contribution in [0.3, 0.4) is 0 Å². The third kappa shape index (κ3) is 3.23. The van der Waals surface area contributed by atoms with Crippen molar-refractivity contribution in [3.63, 3.8) is 0 Å². The Labute approximate surface area is 149 Å². The first kappa shape index (κ1) is 17.4. The van der Waals surface area contributed by atoms with E-state index >= 15 is 0 Å². The standard InChI is InChI=1S/C16H20N6O2S/c1-11-18-12(10-25-11)9-21-4-6-22(7-5-21)14-13(8-17)15(23)20(3)16(24)19(14)2/h10H,4-7,9H2,1-3H3. The van der Waals surface area contributed by atoms with E-state index in [4.69, 9.17) is 0 Å². The molecule has 2 aromatic heterocycles. The summed E-state index contributed by atoms with van der Waals surface area (Å²) in [5.41, 5.74) is 0.128. The molecule has 0 spiro atoms. The Morgan fingerprint density at radius 2 is 1.88 bits per heavy atom. The normalized spacial score (nSPS) is 15.4. The van der Waals surface area contributed by atoms with Crippen molar-refractivity contribution in [2.45, 2.75) is 13.5 Å². The van der Waals surface area contributed by atoms with E-state index in [9.17, 15) is 14.9 Å². The van der Waals surface area contributed by atoms with E-state index in [0.717, 1.165) is 34.9 Å². The Bertz CT molecular complexity index is 943. The fourth-order valence-electron chi connectivity index (χ4n) is 3.13. The summed E-state index contributed by atoms with van der Waals surface area (Å²) in [6.07, 6.45) is 0. The average Bonchev–Trinajstić information content (AvgIpc) is 3.02. The van der Waals surface area contributed by atoms with Crippen LogP contribution in [0.5, 0.6) is 0 Å². The number of thiazole rings is 1. The smallest absolute Gasteiger partial charge is 0.332 e. The quantitative estimate of drug-likeness (QED) is 0.768. The number of aromatic nitrogens is 3. The Morgan fingerprint density at radius 1 is 1.20 bits per heavy atom. The van der Waals surface area contributed by atoms with Gasteiger partial charge in [-0.15, -0.1) is 11.3 Å². The maximum absolute atomic E-state index is 12.2. The molecule has 0 bridgehead atoms. The molecule has 0 radical (unpaired) electrons. The third-order valence-corrected chi connectivity index (χ3v) is 5.29. The van der Waals surface area contributed by atoms with Crippen LogP contribution >= 0.6 is 11.3 Å². The number of piperazine rings is 1. The van der Waals surface area contributed by atoms with Crippen LogP contribution in [-0.2, 0) is 20.6 Å². The number of rotatable bonds is 3. The number of nitrogens with zero attached hydrogens (tertiary/aromatic N) is 6. The van der Waals surface area contributed by atoms with Gasteiger partial charge in [0.2, 0.25) is 0 Å². The minimum absolute atomic E-state index is 0.0215. The van der Waals surface area contributed by atoms with Gasteiger partial charge in [-0.05, 0) is 6.92 Å². The predicted molar refractivity (Wildman–Crippen MR) is 96.0 cm³/mol. The van der Waals surface area contributed by atoms with Gasteiger partial charge in [0, 0.05) is 52.2 Å². The molecule has 1 fully saturated rings. The van der Waals surface area contributed by atoms with Crippen molar-refractivity contribution in [2.75, 3.05) is 31.1 Å². The molecule has 0 N–H and O–H groups in total. The number of hydrogen-bond acceptors (Lipinski definition) is 7. The van der Waals surface area contributed by atoms with Crippen LogP contribution in [0.4, 0.5) is 5.82 Å². The summed E-state index contributed by atoms with van der Waals surface area (Å²) >= 11 is 1.64. The lowest BCUT2D eigenvalue weighted by Gasteiger charge is -2.36. The van der Waals surface area contributed by atoms with Crippen molar-refractivity contribution in [3.05, 3.63) is 42.5 Å². The zero-order valence-corrected chi connectivity index (χ0v) is 15.3. The Hall–Kier alpha value is -2.44. The van der Waals surface area contributed by atoms with E-state index in [2.05, 4.69) is 15.3 Å². The molecule has 9 heteroatoms. The van der Waals surface area contributed by atoms with E-state index in [1.165, 1.54) is 11.6 Å². The van der Waals surface area contributed by atoms with E-state index < -0.39 is 11.2 Å². The molecule has 0 aliphatic carbocycles. The largest absolute Gasteiger partial charge is 0.354 e. The minimum Gasteiger partial charge on any atom is -0.354 e. The molecule has 0 saturated carbocycles. The number of anilines is 1. The first-order valence-electron chi connectivity index (χ1n) is 8.00. The van der Waals surface area contributed by atoms with Crippen molar-refractivity contribution in [2.24, 2.45) is 14.1 Å². The highest BCUT2D eigenvalue weighted by Gasteiger charge is 2.25. The van der Waals surface area contributed by atoms with Gasteiger partial charge in [0.25, 0.3) is 5.56 Å². The van der Waals surface area contributed by atoms with Gasteiger partial charge in [0.1, 0.15) is 11.9 Å². The van der Waals surface area contributed by atoms with Crippen LogP contribution in [-0.4, -0.2) is 45.2 Å². The van der Waals surface area contributed by atoms with Crippen LogP contribution in [0.2, 0.25) is 0 Å². The third-order valence-electron chi connectivity index (χ3n) is 4.47. The van der Waals surface area contributed by atoms with Crippen molar-refractivity contribution < 1.29 is 0 Å². The fourth-order valence-corrected chi connectivity index (χ4v) is 3.73. The molecule has 132 valence electrons. The second-order valence-electron chi connectivity index (χ2n) is 6.14. The molecule has 0 aromatic carbocycles. The highest BCUT2D eigenvalue weighted by Crippen LogP contribution is 2.18. The van der Waals surface area contributed by atoms with Gasteiger partial charge in [-0.1, -0.05) is 0 Å². The Kier molecular flexibility index (Phi) is 4.74. The molecule has 0 amide bonds. The van der Waals surface area contributed by atoms with Gasteiger partial charge in [-0.3, -0.25) is 18.8 Å². The maximum atomic E-state index is 12.2. The summed E-state index contributed by atoms with van der Waals surface area (Å²) in [6, 6.07) is 1.97. The zero-order valence-electron chi connectivity index (χ0n) is 14.5. The monoisotopic (exact) mass is 360 g/mol. The van der Waals surface area contributed by atoms with Crippen LogP contribution in [0.15, 0.2) is 15.0 Å².